The predicted molar refractivity (Wildman–Crippen MR) is 97.9 cm³/mol. The highest BCUT2D eigenvalue weighted by molar-refractivity contribution is 5.95. The van der Waals surface area contributed by atoms with E-state index in [0.717, 1.165) is 38.2 Å². The van der Waals surface area contributed by atoms with Crippen molar-refractivity contribution in [2.45, 2.75) is 19.4 Å². The van der Waals surface area contributed by atoms with Gasteiger partial charge in [0.1, 0.15) is 0 Å². The molecule has 0 radical (unpaired) electrons. The highest BCUT2D eigenvalue weighted by atomic mass is 16.2. The summed E-state index contributed by atoms with van der Waals surface area (Å²) in [6, 6.07) is 18.5. The normalized spacial score (nSPS) is 13.8. The maximum absolute atomic E-state index is 12.9. The monoisotopic (exact) mass is 323 g/mol. The molecule has 3 rings (SSSR count). The van der Waals surface area contributed by atoms with Crippen molar-refractivity contribution in [2.24, 2.45) is 5.73 Å². The second-order valence-electron chi connectivity index (χ2n) is 6.26. The second-order valence-corrected chi connectivity index (χ2v) is 6.26. The molecule has 1 amide bonds. The second kappa shape index (κ2) is 8.08. The Morgan fingerprint density at radius 3 is 2.62 bits per heavy atom. The number of nitrogens with two attached hydrogens (primary N) is 1. The van der Waals surface area contributed by atoms with Gasteiger partial charge in [-0.15, -0.1) is 0 Å². The topological polar surface area (TPSA) is 49.6 Å². The minimum absolute atomic E-state index is 0.159. The van der Waals surface area contributed by atoms with Gasteiger partial charge in [-0.1, -0.05) is 48.5 Å². The smallest absolute Gasteiger partial charge is 0.241 e. The van der Waals surface area contributed by atoms with Crippen molar-refractivity contribution in [1.29, 1.82) is 0 Å². The SMILES string of the molecule is NCCN(CC(=O)N1CCCc2ccccc21)Cc1ccccc1. The molecule has 2 aromatic rings. The Morgan fingerprint density at radius 1 is 1.08 bits per heavy atom. The maximum atomic E-state index is 12.9. The minimum Gasteiger partial charge on any atom is -0.329 e. The zero-order chi connectivity index (χ0) is 16.8. The summed E-state index contributed by atoms with van der Waals surface area (Å²) in [7, 11) is 0. The number of nitrogens with zero attached hydrogens (tertiary/aromatic N) is 2. The average Bonchev–Trinajstić information content (AvgIpc) is 2.62. The lowest BCUT2D eigenvalue weighted by Crippen LogP contribution is -2.43. The summed E-state index contributed by atoms with van der Waals surface area (Å²) >= 11 is 0. The molecule has 1 aliphatic heterocycles. The lowest BCUT2D eigenvalue weighted by atomic mass is 10.0. The Hall–Kier alpha value is -2.17. The summed E-state index contributed by atoms with van der Waals surface area (Å²) in [6.07, 6.45) is 2.08. The molecule has 126 valence electrons. The number of hydrogen-bond acceptors (Lipinski definition) is 3. The van der Waals surface area contributed by atoms with Crippen LogP contribution in [0, 0.1) is 0 Å². The van der Waals surface area contributed by atoms with Gasteiger partial charge in [0.25, 0.3) is 0 Å². The first-order valence-electron chi connectivity index (χ1n) is 8.62. The molecule has 1 heterocycles. The van der Waals surface area contributed by atoms with Crippen molar-refractivity contribution >= 4 is 11.6 Å². The lowest BCUT2D eigenvalue weighted by Gasteiger charge is -2.31. The van der Waals surface area contributed by atoms with Crippen LogP contribution in [0.3, 0.4) is 0 Å². The van der Waals surface area contributed by atoms with Gasteiger partial charge in [0.15, 0.2) is 0 Å². The molecular formula is C20H25N3O. The van der Waals surface area contributed by atoms with E-state index in [1.165, 1.54) is 11.1 Å². The number of anilines is 1. The van der Waals surface area contributed by atoms with Crippen molar-refractivity contribution in [3.05, 3.63) is 65.7 Å². The molecule has 2 aromatic carbocycles. The van der Waals surface area contributed by atoms with Crippen LogP contribution in [0.25, 0.3) is 0 Å². The zero-order valence-electron chi connectivity index (χ0n) is 14.0. The number of hydrogen-bond donors (Lipinski definition) is 1. The number of aryl methyl sites for hydroxylation is 1. The molecule has 4 nitrogen and oxygen atoms in total. The minimum atomic E-state index is 0.159. The van der Waals surface area contributed by atoms with Gasteiger partial charge < -0.3 is 10.6 Å². The molecule has 0 saturated heterocycles. The van der Waals surface area contributed by atoms with Gasteiger partial charge in [-0.05, 0) is 30.0 Å². The number of fused-ring (bicyclic) bond motifs is 1. The Labute approximate surface area is 143 Å². The molecule has 0 fully saturated rings. The van der Waals surface area contributed by atoms with Crippen LogP contribution >= 0.6 is 0 Å². The average molecular weight is 323 g/mol. The largest absolute Gasteiger partial charge is 0.329 e. The standard InChI is InChI=1S/C20H25N3O/c21-12-14-22(15-17-7-2-1-3-8-17)16-20(24)23-13-6-10-18-9-4-5-11-19(18)23/h1-5,7-9,11H,6,10,12-16,21H2. The van der Waals surface area contributed by atoms with Crippen LogP contribution in [0.1, 0.15) is 17.5 Å². The molecule has 1 aliphatic rings. The summed E-state index contributed by atoms with van der Waals surface area (Å²) < 4.78 is 0. The van der Waals surface area contributed by atoms with Gasteiger partial charge in [0.2, 0.25) is 5.91 Å². The van der Waals surface area contributed by atoms with E-state index in [1.807, 2.05) is 35.2 Å². The van der Waals surface area contributed by atoms with Crippen molar-refractivity contribution < 1.29 is 4.79 Å². The third kappa shape index (κ3) is 4.02. The number of benzene rings is 2. The van der Waals surface area contributed by atoms with Gasteiger partial charge in [-0.25, -0.2) is 0 Å². The number of para-hydroxylation sites is 1. The fraction of sp³-hybridized carbons (Fsp3) is 0.350. The van der Waals surface area contributed by atoms with E-state index in [4.69, 9.17) is 5.73 Å². The lowest BCUT2D eigenvalue weighted by molar-refractivity contribution is -0.119. The van der Waals surface area contributed by atoms with Crippen molar-refractivity contribution in [1.82, 2.24) is 4.90 Å². The highest BCUT2D eigenvalue weighted by Crippen LogP contribution is 2.26. The van der Waals surface area contributed by atoms with E-state index in [-0.39, 0.29) is 5.91 Å². The van der Waals surface area contributed by atoms with Crippen LogP contribution in [-0.2, 0) is 17.8 Å². The van der Waals surface area contributed by atoms with Gasteiger partial charge in [-0.3, -0.25) is 9.69 Å². The first-order valence-corrected chi connectivity index (χ1v) is 8.62. The zero-order valence-corrected chi connectivity index (χ0v) is 14.0. The van der Waals surface area contributed by atoms with E-state index in [9.17, 15) is 4.79 Å². The highest BCUT2D eigenvalue weighted by Gasteiger charge is 2.23. The molecule has 0 bridgehead atoms. The van der Waals surface area contributed by atoms with Crippen LogP contribution < -0.4 is 10.6 Å². The molecule has 0 spiro atoms. The van der Waals surface area contributed by atoms with E-state index in [0.29, 0.717) is 13.1 Å². The molecule has 0 saturated carbocycles. The van der Waals surface area contributed by atoms with Crippen LogP contribution in [0.2, 0.25) is 0 Å². The van der Waals surface area contributed by atoms with Crippen LogP contribution in [0.5, 0.6) is 0 Å². The van der Waals surface area contributed by atoms with E-state index in [2.05, 4.69) is 29.2 Å². The Bertz CT molecular complexity index is 672. The first kappa shape index (κ1) is 16.7. The predicted octanol–water partition coefficient (Wildman–Crippen LogP) is 2.43. The quantitative estimate of drug-likeness (QED) is 0.888. The van der Waals surface area contributed by atoms with E-state index in [1.54, 1.807) is 0 Å². The third-order valence-electron chi connectivity index (χ3n) is 4.46. The third-order valence-corrected chi connectivity index (χ3v) is 4.46. The van der Waals surface area contributed by atoms with Gasteiger partial charge >= 0.3 is 0 Å². The van der Waals surface area contributed by atoms with E-state index >= 15 is 0 Å². The molecule has 24 heavy (non-hydrogen) atoms. The summed E-state index contributed by atoms with van der Waals surface area (Å²) in [4.78, 5) is 17.0. The van der Waals surface area contributed by atoms with Crippen LogP contribution in [0.4, 0.5) is 5.69 Å². The molecule has 0 atom stereocenters. The fourth-order valence-corrected chi connectivity index (χ4v) is 3.31. The maximum Gasteiger partial charge on any atom is 0.241 e. The number of carbonyl (C=O) groups is 1. The number of rotatable bonds is 6. The summed E-state index contributed by atoms with van der Waals surface area (Å²) in [5.41, 5.74) is 9.29. The fourth-order valence-electron chi connectivity index (χ4n) is 3.31. The summed E-state index contributed by atoms with van der Waals surface area (Å²) in [6.45, 7) is 3.23. The molecular weight excluding hydrogens is 298 g/mol. The summed E-state index contributed by atoms with van der Waals surface area (Å²) in [5, 5.41) is 0. The van der Waals surface area contributed by atoms with E-state index < -0.39 is 0 Å². The van der Waals surface area contributed by atoms with Crippen LogP contribution in [0.15, 0.2) is 54.6 Å². The van der Waals surface area contributed by atoms with Gasteiger partial charge in [0.05, 0.1) is 6.54 Å². The molecule has 0 aliphatic carbocycles. The first-order chi connectivity index (χ1) is 11.8. The van der Waals surface area contributed by atoms with Gasteiger partial charge in [0, 0.05) is 31.9 Å². The molecule has 0 aromatic heterocycles. The van der Waals surface area contributed by atoms with Gasteiger partial charge in [-0.2, -0.15) is 0 Å². The van der Waals surface area contributed by atoms with Crippen molar-refractivity contribution in [2.75, 3.05) is 31.1 Å². The van der Waals surface area contributed by atoms with Crippen molar-refractivity contribution in [3.63, 3.8) is 0 Å². The Kier molecular flexibility index (Phi) is 5.62. The van der Waals surface area contributed by atoms with Crippen LogP contribution in [-0.4, -0.2) is 37.0 Å². The summed E-state index contributed by atoms with van der Waals surface area (Å²) in [5.74, 6) is 0.159. The Balaban J connectivity index is 1.70. The number of carbonyl (C=O) groups excluding carboxylic acids is 1. The molecule has 2 N–H and O–H groups in total. The Morgan fingerprint density at radius 2 is 1.83 bits per heavy atom. The number of amides is 1. The molecule has 4 heteroatoms. The molecule has 0 unspecified atom stereocenters. The van der Waals surface area contributed by atoms with Crippen molar-refractivity contribution in [3.8, 4) is 0 Å².